The van der Waals surface area contributed by atoms with Gasteiger partial charge in [-0.1, -0.05) is 6.07 Å². The van der Waals surface area contributed by atoms with E-state index in [1.165, 1.54) is 0 Å². The zero-order valence-electron chi connectivity index (χ0n) is 20.8. The number of piperidine rings is 1. The number of aromatic nitrogens is 3. The van der Waals surface area contributed by atoms with E-state index in [-0.39, 0.29) is 11.8 Å². The fourth-order valence-electron chi connectivity index (χ4n) is 4.40. The maximum atomic E-state index is 12.8. The minimum atomic E-state index is 0.0207. The zero-order valence-corrected chi connectivity index (χ0v) is 22.5. The first-order valence-corrected chi connectivity index (χ1v) is 14.0. The van der Waals surface area contributed by atoms with Gasteiger partial charge in [-0.2, -0.15) is 0 Å². The monoisotopic (exact) mass is 535 g/mol. The number of ether oxygens (including phenoxy) is 2. The molecule has 0 atom stereocenters. The van der Waals surface area contributed by atoms with Crippen LogP contribution in [0.25, 0.3) is 21.1 Å². The van der Waals surface area contributed by atoms with E-state index in [9.17, 15) is 4.79 Å². The fraction of sp³-hybridized carbons (Fsp3) is 0.333. The Morgan fingerprint density at radius 3 is 2.59 bits per heavy atom. The second-order valence-electron chi connectivity index (χ2n) is 8.77. The lowest BCUT2D eigenvalue weighted by atomic mass is 9.96. The Kier molecular flexibility index (Phi) is 7.96. The number of thiazole rings is 1. The molecule has 1 amide bonds. The largest absolute Gasteiger partial charge is 0.493 e. The number of carbonyl (C=O) groups is 1. The van der Waals surface area contributed by atoms with Crippen molar-refractivity contribution in [3.63, 3.8) is 0 Å². The maximum absolute atomic E-state index is 12.8. The molecule has 5 rings (SSSR count). The molecule has 1 N–H and O–H groups in total. The molecule has 0 spiro atoms. The molecule has 0 bridgehead atoms. The minimum Gasteiger partial charge on any atom is -0.493 e. The first-order valence-electron chi connectivity index (χ1n) is 12.2. The van der Waals surface area contributed by atoms with Crippen molar-refractivity contribution >= 4 is 34.4 Å². The lowest BCUT2D eigenvalue weighted by Gasteiger charge is -2.31. The molecule has 1 saturated heterocycles. The van der Waals surface area contributed by atoms with E-state index in [4.69, 9.17) is 14.5 Å². The van der Waals surface area contributed by atoms with Crippen molar-refractivity contribution in [2.24, 2.45) is 5.92 Å². The summed E-state index contributed by atoms with van der Waals surface area (Å²) in [5, 5.41) is 16.9. The van der Waals surface area contributed by atoms with Crippen LogP contribution in [0, 0.1) is 5.92 Å². The third-order valence-electron chi connectivity index (χ3n) is 6.48. The van der Waals surface area contributed by atoms with Crippen LogP contribution in [-0.4, -0.2) is 54.9 Å². The molecule has 37 heavy (non-hydrogen) atoms. The third-order valence-corrected chi connectivity index (χ3v) is 8.31. The lowest BCUT2D eigenvalue weighted by molar-refractivity contribution is -0.125. The van der Waals surface area contributed by atoms with Crippen LogP contribution in [0.15, 0.2) is 53.2 Å². The third kappa shape index (κ3) is 5.91. The molecule has 0 aliphatic carbocycles. The summed E-state index contributed by atoms with van der Waals surface area (Å²) in [7, 11) is 3.25. The topological polar surface area (TPSA) is 89.5 Å². The molecule has 0 radical (unpaired) electrons. The number of thiophene rings is 1. The Morgan fingerprint density at radius 2 is 1.89 bits per heavy atom. The van der Waals surface area contributed by atoms with Gasteiger partial charge in [0, 0.05) is 42.9 Å². The highest BCUT2D eigenvalue weighted by molar-refractivity contribution is 7.13. The predicted molar refractivity (Wildman–Crippen MR) is 148 cm³/mol. The van der Waals surface area contributed by atoms with Gasteiger partial charge in [-0.3, -0.25) is 4.79 Å². The van der Waals surface area contributed by atoms with Gasteiger partial charge < -0.3 is 19.7 Å². The van der Waals surface area contributed by atoms with Crippen LogP contribution in [0.5, 0.6) is 11.5 Å². The Morgan fingerprint density at radius 1 is 1.05 bits per heavy atom. The van der Waals surface area contributed by atoms with Gasteiger partial charge >= 0.3 is 0 Å². The molecule has 0 unspecified atom stereocenters. The minimum absolute atomic E-state index is 0.0207. The molecular weight excluding hydrogens is 506 g/mol. The van der Waals surface area contributed by atoms with Gasteiger partial charge in [0.15, 0.2) is 17.3 Å². The van der Waals surface area contributed by atoms with Crippen LogP contribution in [0.4, 0.5) is 5.82 Å². The number of nitrogens with zero attached hydrogens (tertiary/aromatic N) is 4. The van der Waals surface area contributed by atoms with Crippen molar-refractivity contribution in [1.29, 1.82) is 0 Å². The van der Waals surface area contributed by atoms with Crippen LogP contribution in [-0.2, 0) is 11.2 Å². The van der Waals surface area contributed by atoms with Crippen LogP contribution >= 0.6 is 22.7 Å². The Labute approximate surface area is 224 Å². The number of nitrogens with one attached hydrogen (secondary N) is 1. The molecule has 10 heteroatoms. The maximum Gasteiger partial charge on any atom is 0.223 e. The average molecular weight is 536 g/mol. The molecule has 192 valence electrons. The van der Waals surface area contributed by atoms with E-state index in [1.54, 1.807) is 36.9 Å². The van der Waals surface area contributed by atoms with Gasteiger partial charge in [-0.05, 0) is 54.6 Å². The van der Waals surface area contributed by atoms with E-state index < -0.39 is 0 Å². The highest BCUT2D eigenvalue weighted by atomic mass is 32.1. The van der Waals surface area contributed by atoms with Gasteiger partial charge in [0.2, 0.25) is 5.91 Å². The van der Waals surface area contributed by atoms with Crippen molar-refractivity contribution in [3.05, 3.63) is 58.9 Å². The van der Waals surface area contributed by atoms with Gasteiger partial charge in [0.1, 0.15) is 10.7 Å². The predicted octanol–water partition coefficient (Wildman–Crippen LogP) is 4.92. The number of anilines is 1. The Bertz CT molecular complexity index is 1320. The van der Waals surface area contributed by atoms with E-state index >= 15 is 0 Å². The second-order valence-corrected chi connectivity index (χ2v) is 10.6. The molecule has 1 fully saturated rings. The number of methoxy groups -OCH3 is 2. The first kappa shape index (κ1) is 25.2. The quantitative estimate of drug-likeness (QED) is 0.325. The van der Waals surface area contributed by atoms with Crippen molar-refractivity contribution in [2.75, 3.05) is 38.8 Å². The molecule has 4 heterocycles. The Balaban J connectivity index is 1.08. The molecule has 1 aromatic carbocycles. The number of amides is 1. The number of hydrogen-bond acceptors (Lipinski definition) is 9. The SMILES string of the molecule is COc1ccc(-c2nc(CCNC(=O)C3CCN(c4ccc(-c5cccs5)nn4)CC3)cs2)cc1OC. The van der Waals surface area contributed by atoms with Crippen LogP contribution < -0.4 is 19.7 Å². The van der Waals surface area contributed by atoms with Crippen LogP contribution in [0.2, 0.25) is 0 Å². The summed E-state index contributed by atoms with van der Waals surface area (Å²) in [6, 6.07) is 13.9. The second kappa shape index (κ2) is 11.7. The van der Waals surface area contributed by atoms with Gasteiger partial charge in [-0.25, -0.2) is 4.98 Å². The lowest BCUT2D eigenvalue weighted by Crippen LogP contribution is -2.41. The van der Waals surface area contributed by atoms with Gasteiger partial charge in [0.25, 0.3) is 0 Å². The highest BCUT2D eigenvalue weighted by Crippen LogP contribution is 2.33. The van der Waals surface area contributed by atoms with E-state index in [2.05, 4.69) is 20.4 Å². The number of benzene rings is 1. The normalized spacial score (nSPS) is 13.9. The van der Waals surface area contributed by atoms with Crippen LogP contribution in [0.1, 0.15) is 18.5 Å². The number of carbonyl (C=O) groups excluding carboxylic acids is 1. The summed E-state index contributed by atoms with van der Waals surface area (Å²) in [6.45, 7) is 2.17. The average Bonchev–Trinajstić information content (AvgIpc) is 3.66. The highest BCUT2D eigenvalue weighted by Gasteiger charge is 2.25. The molecule has 3 aromatic heterocycles. The molecule has 4 aromatic rings. The summed E-state index contributed by atoms with van der Waals surface area (Å²) >= 11 is 3.24. The summed E-state index contributed by atoms with van der Waals surface area (Å²) < 4.78 is 10.7. The van der Waals surface area contributed by atoms with Crippen molar-refractivity contribution in [2.45, 2.75) is 19.3 Å². The fourth-order valence-corrected chi connectivity index (χ4v) is 5.94. The van der Waals surface area contributed by atoms with Gasteiger partial charge in [0.05, 0.1) is 24.8 Å². The van der Waals surface area contributed by atoms with Crippen molar-refractivity contribution in [3.8, 4) is 32.6 Å². The number of rotatable bonds is 9. The summed E-state index contributed by atoms with van der Waals surface area (Å²) in [4.78, 5) is 20.8. The summed E-state index contributed by atoms with van der Waals surface area (Å²) in [5.74, 6) is 2.38. The first-order chi connectivity index (χ1) is 18.1. The Hall–Kier alpha value is -3.50. The molecule has 8 nitrogen and oxygen atoms in total. The zero-order chi connectivity index (χ0) is 25.6. The standard InChI is InChI=1S/C27H29N5O3S2/c1-34-22-7-5-19(16-23(22)35-2)27-29-20(17-37-27)9-12-28-26(33)18-10-13-32(14-11-18)25-8-6-21(30-31-25)24-4-3-15-36-24/h3-8,15-18H,9-14H2,1-2H3,(H,28,33). The van der Waals surface area contributed by atoms with Crippen molar-refractivity contribution in [1.82, 2.24) is 20.5 Å². The van der Waals surface area contributed by atoms with E-state index in [0.29, 0.717) is 24.5 Å². The molecule has 0 saturated carbocycles. The summed E-state index contributed by atoms with van der Waals surface area (Å²) in [6.07, 6.45) is 2.31. The summed E-state index contributed by atoms with van der Waals surface area (Å²) in [5.41, 5.74) is 2.84. The van der Waals surface area contributed by atoms with E-state index in [1.807, 2.05) is 53.2 Å². The molecule has 1 aliphatic rings. The number of hydrogen-bond donors (Lipinski definition) is 1. The van der Waals surface area contributed by atoms with E-state index in [0.717, 1.165) is 58.6 Å². The molecular formula is C27H29N5O3S2. The van der Waals surface area contributed by atoms with Crippen LogP contribution in [0.3, 0.4) is 0 Å². The molecule has 1 aliphatic heterocycles. The van der Waals surface area contributed by atoms with Gasteiger partial charge in [-0.15, -0.1) is 32.9 Å². The van der Waals surface area contributed by atoms with Crippen molar-refractivity contribution < 1.29 is 14.3 Å². The smallest absolute Gasteiger partial charge is 0.223 e.